The zero-order chi connectivity index (χ0) is 22.3. The van der Waals surface area contributed by atoms with Crippen molar-refractivity contribution < 1.29 is 24.0 Å². The van der Waals surface area contributed by atoms with Crippen molar-refractivity contribution in [3.8, 4) is 5.75 Å². The van der Waals surface area contributed by atoms with Crippen molar-refractivity contribution in [2.45, 2.75) is 26.9 Å². The molecule has 1 N–H and O–H groups in total. The minimum absolute atomic E-state index is 0.114. The highest BCUT2D eigenvalue weighted by molar-refractivity contribution is 5.98. The topological polar surface area (TPSA) is 111 Å². The number of amides is 1. The SMILES string of the molecule is CCN(CC)c1ccc(C(=O)O[C@H](C)C(=O)Nc2cc([N+](=O)[O-])ccc2OC)cc1. The van der Waals surface area contributed by atoms with Crippen LogP contribution in [0.3, 0.4) is 0 Å². The number of hydrogen-bond donors (Lipinski definition) is 1. The van der Waals surface area contributed by atoms with Crippen LogP contribution in [0.1, 0.15) is 31.1 Å². The molecule has 0 bridgehead atoms. The van der Waals surface area contributed by atoms with Gasteiger partial charge >= 0.3 is 5.97 Å². The molecule has 0 radical (unpaired) electrons. The number of nitrogens with one attached hydrogen (secondary N) is 1. The highest BCUT2D eigenvalue weighted by Crippen LogP contribution is 2.29. The second-order valence-corrected chi connectivity index (χ2v) is 6.40. The van der Waals surface area contributed by atoms with Crippen LogP contribution < -0.4 is 15.0 Å². The van der Waals surface area contributed by atoms with Gasteiger partial charge in [-0.05, 0) is 51.1 Å². The fourth-order valence-corrected chi connectivity index (χ4v) is 2.82. The van der Waals surface area contributed by atoms with Crippen molar-refractivity contribution in [3.05, 3.63) is 58.1 Å². The van der Waals surface area contributed by atoms with E-state index in [0.717, 1.165) is 18.8 Å². The molecule has 0 heterocycles. The van der Waals surface area contributed by atoms with Crippen LogP contribution in [0.25, 0.3) is 0 Å². The number of nitrogens with zero attached hydrogens (tertiary/aromatic N) is 2. The Bertz CT molecular complexity index is 909. The first-order chi connectivity index (χ1) is 14.3. The summed E-state index contributed by atoms with van der Waals surface area (Å²) in [5.74, 6) is -1.03. The minimum Gasteiger partial charge on any atom is -0.495 e. The molecule has 2 rings (SSSR count). The van der Waals surface area contributed by atoms with Gasteiger partial charge in [0.1, 0.15) is 5.75 Å². The van der Waals surface area contributed by atoms with E-state index in [1.165, 1.54) is 32.2 Å². The van der Waals surface area contributed by atoms with Gasteiger partial charge < -0.3 is 19.7 Å². The fourth-order valence-electron chi connectivity index (χ4n) is 2.82. The van der Waals surface area contributed by atoms with Crippen LogP contribution in [0.4, 0.5) is 17.1 Å². The van der Waals surface area contributed by atoms with Gasteiger partial charge in [0.15, 0.2) is 6.10 Å². The Morgan fingerprint density at radius 3 is 2.30 bits per heavy atom. The molecule has 9 nitrogen and oxygen atoms in total. The number of anilines is 2. The van der Waals surface area contributed by atoms with Crippen LogP contribution in [-0.2, 0) is 9.53 Å². The molecule has 9 heteroatoms. The maximum Gasteiger partial charge on any atom is 0.338 e. The molecule has 0 spiro atoms. The van der Waals surface area contributed by atoms with Crippen molar-refractivity contribution in [3.63, 3.8) is 0 Å². The number of nitro groups is 1. The van der Waals surface area contributed by atoms with Gasteiger partial charge in [0.05, 0.1) is 23.3 Å². The Balaban J connectivity index is 2.06. The van der Waals surface area contributed by atoms with Gasteiger partial charge in [-0.25, -0.2) is 4.79 Å². The highest BCUT2D eigenvalue weighted by atomic mass is 16.6. The number of esters is 1. The average molecular weight is 415 g/mol. The predicted molar refractivity (Wildman–Crippen MR) is 113 cm³/mol. The van der Waals surface area contributed by atoms with E-state index in [1.54, 1.807) is 12.1 Å². The first-order valence-electron chi connectivity index (χ1n) is 9.49. The number of carbonyl (C=O) groups excluding carboxylic acids is 2. The maximum absolute atomic E-state index is 12.4. The van der Waals surface area contributed by atoms with Gasteiger partial charge in [-0.2, -0.15) is 0 Å². The van der Waals surface area contributed by atoms with E-state index >= 15 is 0 Å². The monoisotopic (exact) mass is 415 g/mol. The molecule has 0 aliphatic carbocycles. The lowest BCUT2D eigenvalue weighted by atomic mass is 10.2. The third-order valence-corrected chi connectivity index (χ3v) is 4.54. The summed E-state index contributed by atoms with van der Waals surface area (Å²) >= 11 is 0. The van der Waals surface area contributed by atoms with E-state index in [9.17, 15) is 19.7 Å². The molecule has 160 valence electrons. The number of nitro benzene ring substituents is 1. The summed E-state index contributed by atoms with van der Waals surface area (Å²) in [6.45, 7) is 7.20. The van der Waals surface area contributed by atoms with Gasteiger partial charge in [-0.15, -0.1) is 0 Å². The first-order valence-corrected chi connectivity index (χ1v) is 9.49. The summed E-state index contributed by atoms with van der Waals surface area (Å²) < 4.78 is 10.3. The molecular formula is C21H25N3O6. The largest absolute Gasteiger partial charge is 0.495 e. The Morgan fingerprint density at radius 1 is 1.13 bits per heavy atom. The highest BCUT2D eigenvalue weighted by Gasteiger charge is 2.21. The number of non-ortho nitro benzene ring substituents is 1. The quantitative estimate of drug-likeness (QED) is 0.378. The number of ether oxygens (including phenoxy) is 2. The lowest BCUT2D eigenvalue weighted by Crippen LogP contribution is -2.30. The van der Waals surface area contributed by atoms with Crippen molar-refractivity contribution in [1.82, 2.24) is 0 Å². The first kappa shape index (κ1) is 22.7. The van der Waals surface area contributed by atoms with Crippen molar-refractivity contribution >= 4 is 28.9 Å². The van der Waals surface area contributed by atoms with E-state index in [2.05, 4.69) is 10.2 Å². The Kier molecular flexibility index (Phi) is 7.74. The molecule has 0 saturated heterocycles. The fraction of sp³-hybridized carbons (Fsp3) is 0.333. The normalized spacial score (nSPS) is 11.3. The zero-order valence-corrected chi connectivity index (χ0v) is 17.4. The van der Waals surface area contributed by atoms with Gasteiger partial charge in [0.2, 0.25) is 0 Å². The predicted octanol–water partition coefficient (Wildman–Crippen LogP) is 3.63. The van der Waals surface area contributed by atoms with Crippen LogP contribution in [0, 0.1) is 10.1 Å². The summed E-state index contributed by atoms with van der Waals surface area (Å²) in [6, 6.07) is 10.7. The molecule has 2 aromatic rings. The summed E-state index contributed by atoms with van der Waals surface area (Å²) in [6.07, 6.45) is -1.12. The smallest absolute Gasteiger partial charge is 0.338 e. The molecule has 0 aliphatic rings. The zero-order valence-electron chi connectivity index (χ0n) is 17.4. The molecule has 0 fully saturated rings. The average Bonchev–Trinajstić information content (AvgIpc) is 2.74. The van der Waals surface area contributed by atoms with Gasteiger partial charge in [0, 0.05) is 30.9 Å². The van der Waals surface area contributed by atoms with Crippen LogP contribution in [0.2, 0.25) is 0 Å². The Morgan fingerprint density at radius 2 is 1.77 bits per heavy atom. The van der Waals surface area contributed by atoms with Crippen LogP contribution in [0.5, 0.6) is 5.75 Å². The lowest BCUT2D eigenvalue weighted by molar-refractivity contribution is -0.384. The van der Waals surface area contributed by atoms with Crippen molar-refractivity contribution in [2.24, 2.45) is 0 Å². The van der Waals surface area contributed by atoms with E-state index in [1.807, 2.05) is 26.0 Å². The molecule has 0 aromatic heterocycles. The van der Waals surface area contributed by atoms with E-state index in [0.29, 0.717) is 5.56 Å². The summed E-state index contributed by atoms with van der Waals surface area (Å²) in [4.78, 5) is 37.3. The molecule has 30 heavy (non-hydrogen) atoms. The third kappa shape index (κ3) is 5.47. The summed E-state index contributed by atoms with van der Waals surface area (Å²) in [5, 5.41) is 13.5. The Hall–Kier alpha value is -3.62. The minimum atomic E-state index is -1.12. The molecule has 0 saturated carbocycles. The third-order valence-electron chi connectivity index (χ3n) is 4.54. The van der Waals surface area contributed by atoms with E-state index in [4.69, 9.17) is 9.47 Å². The molecule has 0 aliphatic heterocycles. The molecule has 2 aromatic carbocycles. The Labute approximate surface area is 174 Å². The molecule has 1 atom stereocenters. The van der Waals surface area contributed by atoms with E-state index in [-0.39, 0.29) is 17.1 Å². The number of benzene rings is 2. The maximum atomic E-state index is 12.4. The number of carbonyl (C=O) groups is 2. The van der Waals surface area contributed by atoms with Crippen molar-refractivity contribution in [2.75, 3.05) is 30.4 Å². The summed E-state index contributed by atoms with van der Waals surface area (Å²) in [7, 11) is 1.38. The van der Waals surface area contributed by atoms with Gasteiger partial charge in [-0.1, -0.05) is 0 Å². The molecular weight excluding hydrogens is 390 g/mol. The standard InChI is InChI=1S/C21H25N3O6/c1-5-23(6-2)16-9-7-15(8-10-16)21(26)30-14(3)20(25)22-18-13-17(24(27)28)11-12-19(18)29-4/h7-14H,5-6H2,1-4H3,(H,22,25)/t14-/m1/s1. The lowest BCUT2D eigenvalue weighted by Gasteiger charge is -2.21. The summed E-state index contributed by atoms with van der Waals surface area (Å²) in [5.41, 5.74) is 1.21. The second-order valence-electron chi connectivity index (χ2n) is 6.40. The molecule has 0 unspecified atom stereocenters. The van der Waals surface area contributed by atoms with Gasteiger partial charge in [-0.3, -0.25) is 14.9 Å². The van der Waals surface area contributed by atoms with Crippen LogP contribution in [-0.4, -0.2) is 43.1 Å². The second kappa shape index (κ2) is 10.2. The number of rotatable bonds is 9. The van der Waals surface area contributed by atoms with E-state index < -0.39 is 22.9 Å². The number of hydrogen-bond acceptors (Lipinski definition) is 7. The van der Waals surface area contributed by atoms with Crippen molar-refractivity contribution in [1.29, 1.82) is 0 Å². The van der Waals surface area contributed by atoms with Crippen LogP contribution in [0.15, 0.2) is 42.5 Å². The number of methoxy groups -OCH3 is 1. The molecule has 1 amide bonds. The van der Waals surface area contributed by atoms with Gasteiger partial charge in [0.25, 0.3) is 11.6 Å². The van der Waals surface area contributed by atoms with Crippen LogP contribution >= 0.6 is 0 Å².